The molecule has 0 bridgehead atoms. The molecule has 2 aromatic rings. The van der Waals surface area contributed by atoms with E-state index in [1.54, 1.807) is 12.1 Å². The van der Waals surface area contributed by atoms with Crippen molar-refractivity contribution in [3.8, 4) is 11.6 Å². The fraction of sp³-hybridized carbons (Fsp3) is 0.267. The van der Waals surface area contributed by atoms with Gasteiger partial charge in [-0.25, -0.2) is 4.98 Å². The molecule has 2 rings (SSSR count). The van der Waals surface area contributed by atoms with E-state index in [0.29, 0.717) is 16.9 Å². The molecule has 0 aliphatic carbocycles. The molecule has 0 radical (unpaired) electrons. The molecule has 0 saturated carbocycles. The third-order valence-corrected chi connectivity index (χ3v) is 3.06. The van der Waals surface area contributed by atoms with Crippen molar-refractivity contribution in [3.63, 3.8) is 0 Å². The van der Waals surface area contributed by atoms with Gasteiger partial charge in [-0.2, -0.15) is 0 Å². The first-order valence-electron chi connectivity index (χ1n) is 6.32. The minimum absolute atomic E-state index is 0.294. The van der Waals surface area contributed by atoms with Crippen LogP contribution in [0.15, 0.2) is 42.6 Å². The van der Waals surface area contributed by atoms with Crippen molar-refractivity contribution in [2.24, 2.45) is 0 Å². The second-order valence-electron chi connectivity index (χ2n) is 4.27. The van der Waals surface area contributed by atoms with Gasteiger partial charge in [0.15, 0.2) is 0 Å². The van der Waals surface area contributed by atoms with Crippen molar-refractivity contribution in [1.29, 1.82) is 0 Å². The normalized spacial score (nSPS) is 12.2. The van der Waals surface area contributed by atoms with Crippen molar-refractivity contribution in [1.82, 2.24) is 10.3 Å². The van der Waals surface area contributed by atoms with E-state index in [-0.39, 0.29) is 0 Å². The van der Waals surface area contributed by atoms with Crippen LogP contribution >= 0.6 is 11.6 Å². The summed E-state index contributed by atoms with van der Waals surface area (Å²) in [6, 6.07) is 11.4. The van der Waals surface area contributed by atoms with Gasteiger partial charge in [-0.3, -0.25) is 0 Å². The Morgan fingerprint density at radius 2 is 1.95 bits per heavy atom. The summed E-state index contributed by atoms with van der Waals surface area (Å²) in [6.45, 7) is 5.13. The number of hydrogen-bond acceptors (Lipinski definition) is 3. The Kier molecular flexibility index (Phi) is 4.77. The molecule has 0 saturated heterocycles. The number of pyridine rings is 1. The van der Waals surface area contributed by atoms with Crippen LogP contribution in [0.4, 0.5) is 0 Å². The van der Waals surface area contributed by atoms with E-state index in [1.165, 1.54) is 0 Å². The molecule has 19 heavy (non-hydrogen) atoms. The van der Waals surface area contributed by atoms with E-state index in [2.05, 4.69) is 24.1 Å². The molecule has 3 nitrogen and oxygen atoms in total. The fourth-order valence-corrected chi connectivity index (χ4v) is 1.88. The average molecular weight is 277 g/mol. The van der Waals surface area contributed by atoms with Crippen LogP contribution < -0.4 is 10.1 Å². The van der Waals surface area contributed by atoms with Crippen LogP contribution in [0.1, 0.15) is 25.5 Å². The summed E-state index contributed by atoms with van der Waals surface area (Å²) in [7, 11) is 0. The number of nitrogens with one attached hydrogen (secondary N) is 1. The molecule has 0 fully saturated rings. The van der Waals surface area contributed by atoms with Crippen molar-refractivity contribution in [3.05, 3.63) is 53.2 Å². The van der Waals surface area contributed by atoms with Crippen LogP contribution in [0.5, 0.6) is 11.6 Å². The van der Waals surface area contributed by atoms with Crippen LogP contribution in [0.25, 0.3) is 0 Å². The van der Waals surface area contributed by atoms with Crippen LogP contribution in [0, 0.1) is 0 Å². The Balaban J connectivity index is 2.04. The van der Waals surface area contributed by atoms with E-state index in [4.69, 9.17) is 16.3 Å². The maximum atomic E-state index is 5.82. The molecular weight excluding hydrogens is 260 g/mol. The summed E-state index contributed by atoms with van der Waals surface area (Å²) in [5.41, 5.74) is 1.14. The van der Waals surface area contributed by atoms with Gasteiger partial charge in [-0.05, 0) is 43.3 Å². The molecule has 1 unspecified atom stereocenters. The monoisotopic (exact) mass is 276 g/mol. The molecule has 1 aromatic carbocycles. The second kappa shape index (κ2) is 6.55. The first-order valence-corrected chi connectivity index (χ1v) is 6.69. The molecule has 100 valence electrons. The fourth-order valence-electron chi connectivity index (χ4n) is 1.76. The van der Waals surface area contributed by atoms with Gasteiger partial charge >= 0.3 is 0 Å². The topological polar surface area (TPSA) is 34.1 Å². The van der Waals surface area contributed by atoms with Crippen molar-refractivity contribution < 1.29 is 4.74 Å². The number of nitrogens with zero attached hydrogens (tertiary/aromatic N) is 1. The lowest BCUT2D eigenvalue weighted by molar-refractivity contribution is 0.461. The molecule has 1 heterocycles. The van der Waals surface area contributed by atoms with Gasteiger partial charge in [-0.1, -0.05) is 24.6 Å². The largest absolute Gasteiger partial charge is 0.439 e. The summed E-state index contributed by atoms with van der Waals surface area (Å²) < 4.78 is 5.64. The average Bonchev–Trinajstić information content (AvgIpc) is 2.42. The van der Waals surface area contributed by atoms with Gasteiger partial charge in [0.25, 0.3) is 0 Å². The number of rotatable bonds is 5. The van der Waals surface area contributed by atoms with Crippen LogP contribution in [0.2, 0.25) is 5.02 Å². The first-order chi connectivity index (χ1) is 9.19. The Labute approximate surface area is 118 Å². The zero-order valence-corrected chi connectivity index (χ0v) is 11.8. The van der Waals surface area contributed by atoms with Gasteiger partial charge < -0.3 is 10.1 Å². The Bertz CT molecular complexity index is 511. The highest BCUT2D eigenvalue weighted by Gasteiger charge is 2.05. The molecule has 0 spiro atoms. The maximum Gasteiger partial charge on any atom is 0.219 e. The van der Waals surface area contributed by atoms with E-state index in [9.17, 15) is 0 Å². The maximum absolute atomic E-state index is 5.82. The van der Waals surface area contributed by atoms with Gasteiger partial charge in [0.05, 0.1) is 0 Å². The summed E-state index contributed by atoms with van der Waals surface area (Å²) >= 11 is 5.82. The molecule has 4 heteroatoms. The summed E-state index contributed by atoms with van der Waals surface area (Å²) in [5, 5.41) is 4.03. The SMILES string of the molecule is CCNC(C)c1ccc(Oc2ccc(Cl)cc2)nc1. The smallest absolute Gasteiger partial charge is 0.219 e. The highest BCUT2D eigenvalue weighted by atomic mass is 35.5. The molecule has 1 aromatic heterocycles. The molecular formula is C15H17ClN2O. The number of hydrogen-bond donors (Lipinski definition) is 1. The van der Waals surface area contributed by atoms with Gasteiger partial charge in [0, 0.05) is 23.3 Å². The Morgan fingerprint density at radius 1 is 1.21 bits per heavy atom. The van der Waals surface area contributed by atoms with Crippen molar-refractivity contribution in [2.75, 3.05) is 6.54 Å². The van der Waals surface area contributed by atoms with Crippen molar-refractivity contribution >= 4 is 11.6 Å². The lowest BCUT2D eigenvalue weighted by Gasteiger charge is -2.12. The Morgan fingerprint density at radius 3 is 2.53 bits per heavy atom. The van der Waals surface area contributed by atoms with Gasteiger partial charge in [-0.15, -0.1) is 0 Å². The zero-order chi connectivity index (χ0) is 13.7. The van der Waals surface area contributed by atoms with E-state index in [0.717, 1.165) is 17.9 Å². The van der Waals surface area contributed by atoms with Crippen LogP contribution in [-0.4, -0.2) is 11.5 Å². The van der Waals surface area contributed by atoms with E-state index < -0.39 is 0 Å². The quantitative estimate of drug-likeness (QED) is 0.889. The summed E-state index contributed by atoms with van der Waals surface area (Å²) in [6.07, 6.45) is 1.83. The predicted octanol–water partition coefficient (Wildman–Crippen LogP) is 4.20. The molecule has 1 atom stereocenters. The van der Waals surface area contributed by atoms with E-state index >= 15 is 0 Å². The number of aromatic nitrogens is 1. The van der Waals surface area contributed by atoms with Crippen molar-refractivity contribution in [2.45, 2.75) is 19.9 Å². The standard InChI is InChI=1S/C15H17ClN2O/c1-3-17-11(2)12-4-9-15(18-10-12)19-14-7-5-13(16)6-8-14/h4-11,17H,3H2,1-2H3. The van der Waals surface area contributed by atoms with Gasteiger partial charge in [0.1, 0.15) is 5.75 Å². The highest BCUT2D eigenvalue weighted by molar-refractivity contribution is 6.30. The molecule has 0 aliphatic rings. The van der Waals surface area contributed by atoms with Crippen LogP contribution in [-0.2, 0) is 0 Å². The molecule has 0 amide bonds. The minimum Gasteiger partial charge on any atom is -0.439 e. The van der Waals surface area contributed by atoms with E-state index in [1.807, 2.05) is 30.5 Å². The summed E-state index contributed by atoms with van der Waals surface area (Å²) in [4.78, 5) is 4.30. The predicted molar refractivity (Wildman–Crippen MR) is 77.9 cm³/mol. The summed E-state index contributed by atoms with van der Waals surface area (Å²) in [5.74, 6) is 1.30. The number of halogens is 1. The number of benzene rings is 1. The Hall–Kier alpha value is -1.58. The van der Waals surface area contributed by atoms with Crippen LogP contribution in [0.3, 0.4) is 0 Å². The highest BCUT2D eigenvalue weighted by Crippen LogP contribution is 2.22. The minimum atomic E-state index is 0.294. The lowest BCUT2D eigenvalue weighted by Crippen LogP contribution is -2.17. The lowest BCUT2D eigenvalue weighted by atomic mass is 10.1. The third-order valence-electron chi connectivity index (χ3n) is 2.81. The third kappa shape index (κ3) is 3.94. The zero-order valence-electron chi connectivity index (χ0n) is 11.1. The number of ether oxygens (including phenoxy) is 1. The molecule has 0 aliphatic heterocycles. The van der Waals surface area contributed by atoms with Gasteiger partial charge in [0.2, 0.25) is 5.88 Å². The first kappa shape index (κ1) is 13.8. The molecule has 1 N–H and O–H groups in total. The second-order valence-corrected chi connectivity index (χ2v) is 4.70.